The molecule has 25 heavy (non-hydrogen) atoms. The number of benzene rings is 1. The Morgan fingerprint density at radius 3 is 2.52 bits per heavy atom. The Morgan fingerprint density at radius 2 is 1.84 bits per heavy atom. The largest absolute Gasteiger partial charge is 0.469 e. The molecule has 3 rings (SSSR count). The highest BCUT2D eigenvalue weighted by molar-refractivity contribution is 5.71. The van der Waals surface area contributed by atoms with Gasteiger partial charge in [0.1, 0.15) is 0 Å². The summed E-state index contributed by atoms with van der Waals surface area (Å²) in [5.74, 6) is -0.766. The van der Waals surface area contributed by atoms with E-state index in [9.17, 15) is 9.59 Å². The maximum Gasteiger partial charge on any atom is 0.306 e. The molecule has 1 aromatic carbocycles. The van der Waals surface area contributed by atoms with Crippen LogP contribution in [-0.4, -0.2) is 28.3 Å². The van der Waals surface area contributed by atoms with Crippen LogP contribution in [0.25, 0.3) is 0 Å². The van der Waals surface area contributed by atoms with Crippen molar-refractivity contribution in [1.29, 1.82) is 0 Å². The monoisotopic (exact) mass is 337 g/mol. The third-order valence-corrected chi connectivity index (χ3v) is 4.18. The topological polar surface area (TPSA) is 87.8 Å². The highest BCUT2D eigenvalue weighted by atomic mass is 16.5. The fraction of sp³-hybridized carbons (Fsp3) is 0.211. The van der Waals surface area contributed by atoms with E-state index in [4.69, 9.17) is 4.74 Å². The second kappa shape index (κ2) is 7.61. The van der Waals surface area contributed by atoms with Crippen molar-refractivity contribution in [3.05, 3.63) is 87.6 Å². The minimum atomic E-state index is -0.399. The predicted octanol–water partition coefficient (Wildman–Crippen LogP) is 2.38. The van der Waals surface area contributed by atoms with Crippen LogP contribution in [-0.2, 0) is 16.0 Å². The molecule has 3 aromatic rings. The highest BCUT2D eigenvalue weighted by Crippen LogP contribution is 2.28. The Hall–Kier alpha value is -3.15. The van der Waals surface area contributed by atoms with E-state index in [2.05, 4.69) is 15.2 Å². The lowest BCUT2D eigenvalue weighted by Gasteiger charge is -2.16. The van der Waals surface area contributed by atoms with Crippen LogP contribution in [0.2, 0.25) is 0 Å². The van der Waals surface area contributed by atoms with Crippen molar-refractivity contribution < 1.29 is 9.53 Å². The Labute approximate surface area is 144 Å². The highest BCUT2D eigenvalue weighted by Gasteiger charge is 2.25. The number of aromatic nitrogens is 3. The molecule has 0 amide bonds. The molecule has 0 bridgehead atoms. The predicted molar refractivity (Wildman–Crippen MR) is 93.4 cm³/mol. The number of nitrogens with one attached hydrogen (secondary N) is 2. The van der Waals surface area contributed by atoms with Crippen LogP contribution in [0.5, 0.6) is 0 Å². The van der Waals surface area contributed by atoms with E-state index in [1.807, 2.05) is 42.5 Å². The van der Waals surface area contributed by atoms with Gasteiger partial charge in [0, 0.05) is 36.0 Å². The molecular formula is C19H19N3O3. The maximum atomic E-state index is 12.5. The lowest BCUT2D eigenvalue weighted by atomic mass is 9.88. The van der Waals surface area contributed by atoms with Gasteiger partial charge in [0.2, 0.25) is 0 Å². The molecule has 1 atom stereocenters. The minimum absolute atomic E-state index is 0.0865. The number of H-pyrrole nitrogens is 2. The summed E-state index contributed by atoms with van der Waals surface area (Å²) in [5.41, 5.74) is 3.02. The SMILES string of the molecule is COC(=O)C[C@H](c1ccncc1)c1c(Cc2ccccc2)[nH][nH]c1=O. The van der Waals surface area contributed by atoms with Crippen LogP contribution in [0.3, 0.4) is 0 Å². The first-order valence-electron chi connectivity index (χ1n) is 7.99. The maximum absolute atomic E-state index is 12.5. The average Bonchev–Trinajstić information content (AvgIpc) is 3.01. The van der Waals surface area contributed by atoms with E-state index in [1.54, 1.807) is 12.4 Å². The number of nitrogens with zero attached hydrogens (tertiary/aromatic N) is 1. The molecule has 2 heterocycles. The molecule has 0 aliphatic heterocycles. The van der Waals surface area contributed by atoms with E-state index >= 15 is 0 Å². The van der Waals surface area contributed by atoms with Gasteiger partial charge in [-0.15, -0.1) is 0 Å². The standard InChI is InChI=1S/C19H19N3O3/c1-25-17(23)12-15(14-7-9-20-10-8-14)18-16(21-22-19(18)24)11-13-5-3-2-4-6-13/h2-10,15H,11-12H2,1H3,(H2,21,22,24)/t15-/m1/s1. The van der Waals surface area contributed by atoms with E-state index in [-0.39, 0.29) is 17.9 Å². The molecule has 0 spiro atoms. The van der Waals surface area contributed by atoms with Gasteiger partial charge in [-0.3, -0.25) is 19.7 Å². The van der Waals surface area contributed by atoms with Crippen molar-refractivity contribution >= 4 is 5.97 Å². The zero-order valence-corrected chi connectivity index (χ0v) is 13.9. The molecule has 0 unspecified atom stereocenters. The molecule has 6 nitrogen and oxygen atoms in total. The Balaban J connectivity index is 2.02. The van der Waals surface area contributed by atoms with Crippen molar-refractivity contribution in [3.8, 4) is 0 Å². The number of carbonyl (C=O) groups is 1. The molecule has 0 saturated carbocycles. The quantitative estimate of drug-likeness (QED) is 0.676. The molecule has 2 N–H and O–H groups in total. The summed E-state index contributed by atoms with van der Waals surface area (Å²) in [7, 11) is 1.35. The lowest BCUT2D eigenvalue weighted by molar-refractivity contribution is -0.140. The summed E-state index contributed by atoms with van der Waals surface area (Å²) in [6.07, 6.45) is 3.95. The number of pyridine rings is 1. The molecule has 2 aromatic heterocycles. The van der Waals surface area contributed by atoms with Crippen molar-refractivity contribution in [2.24, 2.45) is 0 Å². The Bertz CT molecular complexity index is 885. The van der Waals surface area contributed by atoms with Crippen molar-refractivity contribution in [2.45, 2.75) is 18.8 Å². The van der Waals surface area contributed by atoms with Crippen LogP contribution in [0.4, 0.5) is 0 Å². The van der Waals surface area contributed by atoms with Gasteiger partial charge in [-0.05, 0) is 23.3 Å². The first-order valence-corrected chi connectivity index (χ1v) is 7.99. The molecule has 0 fully saturated rings. The fourth-order valence-electron chi connectivity index (χ4n) is 2.94. The summed E-state index contributed by atoms with van der Waals surface area (Å²) in [6, 6.07) is 13.5. The van der Waals surface area contributed by atoms with E-state index in [1.165, 1.54) is 7.11 Å². The number of methoxy groups -OCH3 is 1. The first-order chi connectivity index (χ1) is 12.2. The number of hydrogen-bond donors (Lipinski definition) is 2. The third-order valence-electron chi connectivity index (χ3n) is 4.18. The van der Waals surface area contributed by atoms with Crippen LogP contribution in [0.1, 0.15) is 34.7 Å². The third kappa shape index (κ3) is 3.85. The average molecular weight is 337 g/mol. The smallest absolute Gasteiger partial charge is 0.306 e. The van der Waals surface area contributed by atoms with E-state index < -0.39 is 5.92 Å². The van der Waals surface area contributed by atoms with E-state index in [0.717, 1.165) is 16.8 Å². The van der Waals surface area contributed by atoms with Crippen molar-refractivity contribution in [2.75, 3.05) is 7.11 Å². The molecule has 0 radical (unpaired) electrons. The van der Waals surface area contributed by atoms with Gasteiger partial charge in [0.25, 0.3) is 5.56 Å². The number of aromatic amines is 2. The summed E-state index contributed by atoms with van der Waals surface area (Å²) >= 11 is 0. The van der Waals surface area contributed by atoms with Crippen LogP contribution in [0, 0.1) is 0 Å². The Morgan fingerprint density at radius 1 is 1.12 bits per heavy atom. The van der Waals surface area contributed by atoms with E-state index in [0.29, 0.717) is 12.0 Å². The van der Waals surface area contributed by atoms with Gasteiger partial charge in [0.05, 0.1) is 13.5 Å². The summed E-state index contributed by atoms with van der Waals surface area (Å²) < 4.78 is 4.82. The molecule has 0 saturated heterocycles. The summed E-state index contributed by atoms with van der Waals surface area (Å²) in [4.78, 5) is 28.4. The Kier molecular flexibility index (Phi) is 5.09. The number of hydrogen-bond acceptors (Lipinski definition) is 4. The van der Waals surface area contributed by atoms with Gasteiger partial charge < -0.3 is 9.84 Å². The molecule has 0 aliphatic carbocycles. The van der Waals surface area contributed by atoms with Crippen LogP contribution in [0.15, 0.2) is 59.7 Å². The van der Waals surface area contributed by atoms with Crippen LogP contribution >= 0.6 is 0 Å². The minimum Gasteiger partial charge on any atom is -0.469 e. The number of esters is 1. The van der Waals surface area contributed by atoms with Crippen molar-refractivity contribution in [3.63, 3.8) is 0 Å². The van der Waals surface area contributed by atoms with Crippen molar-refractivity contribution in [1.82, 2.24) is 15.2 Å². The first kappa shape index (κ1) is 16.7. The summed E-state index contributed by atoms with van der Waals surface area (Å²) in [5, 5.41) is 5.61. The van der Waals surface area contributed by atoms with Gasteiger partial charge >= 0.3 is 5.97 Å². The second-order valence-electron chi connectivity index (χ2n) is 5.75. The van der Waals surface area contributed by atoms with Gasteiger partial charge in [0.15, 0.2) is 0 Å². The lowest BCUT2D eigenvalue weighted by Crippen LogP contribution is -2.18. The zero-order chi connectivity index (χ0) is 17.6. The number of ether oxygens (including phenoxy) is 1. The zero-order valence-electron chi connectivity index (χ0n) is 13.9. The van der Waals surface area contributed by atoms with Crippen LogP contribution < -0.4 is 5.56 Å². The molecule has 0 aliphatic rings. The number of rotatable bonds is 6. The van der Waals surface area contributed by atoms with Gasteiger partial charge in [-0.2, -0.15) is 0 Å². The molecule has 128 valence electrons. The fourth-order valence-corrected chi connectivity index (χ4v) is 2.94. The van der Waals surface area contributed by atoms with Gasteiger partial charge in [-0.25, -0.2) is 0 Å². The normalized spacial score (nSPS) is 11.9. The molecule has 6 heteroatoms. The van der Waals surface area contributed by atoms with Gasteiger partial charge in [-0.1, -0.05) is 30.3 Å². The second-order valence-corrected chi connectivity index (χ2v) is 5.75. The molecular weight excluding hydrogens is 318 g/mol. The summed E-state index contributed by atoms with van der Waals surface area (Å²) in [6.45, 7) is 0. The number of carbonyl (C=O) groups excluding carboxylic acids is 1.